The summed E-state index contributed by atoms with van der Waals surface area (Å²) in [6, 6.07) is 0. The monoisotopic (exact) mass is 190 g/mol. The highest BCUT2D eigenvalue weighted by molar-refractivity contribution is 8.21. The van der Waals surface area contributed by atoms with Gasteiger partial charge in [-0.15, -0.1) is 0 Å². The Labute approximate surface area is 77.9 Å². The number of thiocarbonyl (C=S) groups is 1. The summed E-state index contributed by atoms with van der Waals surface area (Å²) in [4.78, 5) is 2.28. The molecule has 0 amide bonds. The van der Waals surface area contributed by atoms with Gasteiger partial charge in [0.2, 0.25) is 0 Å². The molecule has 0 spiro atoms. The van der Waals surface area contributed by atoms with Crippen molar-refractivity contribution in [2.75, 3.05) is 20.1 Å². The van der Waals surface area contributed by atoms with E-state index < -0.39 is 0 Å². The first-order valence-electron chi connectivity index (χ1n) is 3.97. The van der Waals surface area contributed by atoms with Gasteiger partial charge in [-0.2, -0.15) is 0 Å². The van der Waals surface area contributed by atoms with E-state index in [0.29, 0.717) is 0 Å². The maximum Gasteiger partial charge on any atom is 0.151 e. The molecule has 2 nitrogen and oxygen atoms in total. The predicted molar refractivity (Wildman–Crippen MR) is 54.7 cm³/mol. The third-order valence-corrected chi connectivity index (χ3v) is 2.95. The molecule has 1 rings (SSSR count). The van der Waals surface area contributed by atoms with Crippen LogP contribution in [0.2, 0.25) is 0 Å². The Bertz CT molecular complexity index is 132. The lowest BCUT2D eigenvalue weighted by atomic mass is 10.1. The van der Waals surface area contributed by atoms with Gasteiger partial charge in [0.1, 0.15) is 0 Å². The molecule has 1 N–H and O–H groups in total. The van der Waals surface area contributed by atoms with Gasteiger partial charge in [-0.1, -0.05) is 12.2 Å². The lowest BCUT2D eigenvalue weighted by Crippen LogP contribution is -2.33. The molecule has 1 aliphatic rings. The maximum atomic E-state index is 5.20. The van der Waals surface area contributed by atoms with Crippen molar-refractivity contribution in [2.45, 2.75) is 19.3 Å². The molecule has 0 bridgehead atoms. The quantitative estimate of drug-likeness (QED) is 0.499. The number of rotatable bonds is 1. The molecular formula is C7H14N2S2. The molecule has 0 aromatic rings. The number of nitrogens with zero attached hydrogens (tertiary/aromatic N) is 1. The van der Waals surface area contributed by atoms with Crippen molar-refractivity contribution < 1.29 is 0 Å². The molecule has 1 fully saturated rings. The van der Waals surface area contributed by atoms with E-state index in [1.54, 1.807) is 11.9 Å². The summed E-state index contributed by atoms with van der Waals surface area (Å²) in [5.41, 5.74) is 0. The zero-order chi connectivity index (χ0) is 8.10. The van der Waals surface area contributed by atoms with Crippen molar-refractivity contribution in [1.82, 2.24) is 9.62 Å². The van der Waals surface area contributed by atoms with Crippen molar-refractivity contribution in [1.29, 1.82) is 0 Å². The third kappa shape index (κ3) is 2.97. The summed E-state index contributed by atoms with van der Waals surface area (Å²) in [6.45, 7) is 2.29. The van der Waals surface area contributed by atoms with Crippen LogP contribution in [0.3, 0.4) is 0 Å². The highest BCUT2D eigenvalue weighted by Crippen LogP contribution is 2.13. The third-order valence-electron chi connectivity index (χ3n) is 1.80. The molecule has 4 heteroatoms. The van der Waals surface area contributed by atoms with Crippen LogP contribution in [0.4, 0.5) is 0 Å². The van der Waals surface area contributed by atoms with Crippen molar-refractivity contribution in [3.8, 4) is 0 Å². The van der Waals surface area contributed by atoms with Gasteiger partial charge in [-0.25, -0.2) is 0 Å². The van der Waals surface area contributed by atoms with E-state index in [9.17, 15) is 0 Å². The van der Waals surface area contributed by atoms with Gasteiger partial charge in [-0.05, 0) is 38.3 Å². The second-order valence-corrected chi connectivity index (χ2v) is 4.26. The SMILES string of the molecule is CNSC(=S)N1CCCCC1. The summed E-state index contributed by atoms with van der Waals surface area (Å²) >= 11 is 6.74. The Kier molecular flexibility index (Phi) is 4.18. The zero-order valence-electron chi connectivity index (χ0n) is 6.80. The van der Waals surface area contributed by atoms with Crippen LogP contribution in [0, 0.1) is 0 Å². The van der Waals surface area contributed by atoms with Crippen molar-refractivity contribution in [2.24, 2.45) is 0 Å². The minimum Gasteiger partial charge on any atom is -0.356 e. The fourth-order valence-electron chi connectivity index (χ4n) is 1.23. The van der Waals surface area contributed by atoms with E-state index in [-0.39, 0.29) is 0 Å². The molecule has 11 heavy (non-hydrogen) atoms. The van der Waals surface area contributed by atoms with Crippen LogP contribution in [0.25, 0.3) is 0 Å². The second-order valence-electron chi connectivity index (χ2n) is 2.62. The maximum absolute atomic E-state index is 5.20. The predicted octanol–water partition coefficient (Wildman–Crippen LogP) is 1.62. The standard InChI is InChI=1S/C7H14N2S2/c1-8-11-7(10)9-5-3-2-4-6-9/h8H,2-6H2,1H3. The largest absolute Gasteiger partial charge is 0.356 e. The average molecular weight is 190 g/mol. The highest BCUT2D eigenvalue weighted by Gasteiger charge is 2.12. The minimum absolute atomic E-state index is 0.993. The highest BCUT2D eigenvalue weighted by atomic mass is 32.2. The first-order chi connectivity index (χ1) is 5.34. The summed E-state index contributed by atoms with van der Waals surface area (Å²) in [7, 11) is 1.90. The topological polar surface area (TPSA) is 15.3 Å². The van der Waals surface area contributed by atoms with Gasteiger partial charge < -0.3 is 4.90 Å². The first-order valence-corrected chi connectivity index (χ1v) is 5.19. The molecule has 0 aromatic heterocycles. The van der Waals surface area contributed by atoms with Crippen molar-refractivity contribution in [3.05, 3.63) is 0 Å². The van der Waals surface area contributed by atoms with Gasteiger partial charge >= 0.3 is 0 Å². The van der Waals surface area contributed by atoms with E-state index in [1.165, 1.54) is 19.3 Å². The van der Waals surface area contributed by atoms with Crippen molar-refractivity contribution >= 4 is 28.5 Å². The molecule has 1 aliphatic heterocycles. The molecule has 1 saturated heterocycles. The van der Waals surface area contributed by atoms with Crippen LogP contribution in [0.1, 0.15) is 19.3 Å². The van der Waals surface area contributed by atoms with Crippen LogP contribution < -0.4 is 4.72 Å². The Morgan fingerprint density at radius 3 is 2.55 bits per heavy atom. The smallest absolute Gasteiger partial charge is 0.151 e. The Morgan fingerprint density at radius 2 is 2.00 bits per heavy atom. The van der Waals surface area contributed by atoms with Gasteiger partial charge in [0.15, 0.2) is 4.32 Å². The summed E-state index contributed by atoms with van der Waals surface area (Å²) in [6.07, 6.45) is 3.96. The Balaban J connectivity index is 2.27. The molecule has 0 aliphatic carbocycles. The molecule has 0 atom stereocenters. The average Bonchev–Trinajstić information content (AvgIpc) is 2.07. The summed E-state index contributed by atoms with van der Waals surface area (Å²) in [5.74, 6) is 0. The van der Waals surface area contributed by atoms with E-state index in [4.69, 9.17) is 12.2 Å². The van der Waals surface area contributed by atoms with Gasteiger partial charge in [0, 0.05) is 13.1 Å². The van der Waals surface area contributed by atoms with Gasteiger partial charge in [-0.3, -0.25) is 4.72 Å². The summed E-state index contributed by atoms with van der Waals surface area (Å²) < 4.78 is 3.99. The second kappa shape index (κ2) is 4.95. The molecule has 64 valence electrons. The van der Waals surface area contributed by atoms with Crippen LogP contribution in [-0.4, -0.2) is 29.4 Å². The molecule has 0 unspecified atom stereocenters. The Morgan fingerprint density at radius 1 is 1.36 bits per heavy atom. The van der Waals surface area contributed by atoms with Crippen LogP contribution >= 0.6 is 24.2 Å². The molecule has 0 saturated carbocycles. The normalized spacial score (nSPS) is 18.5. The van der Waals surface area contributed by atoms with Gasteiger partial charge in [0.25, 0.3) is 0 Å². The Hall–Kier alpha value is 0.200. The van der Waals surface area contributed by atoms with E-state index in [0.717, 1.165) is 17.4 Å². The minimum atomic E-state index is 0.993. The lowest BCUT2D eigenvalue weighted by Gasteiger charge is -2.28. The molecule has 0 aromatic carbocycles. The van der Waals surface area contributed by atoms with Crippen LogP contribution in [-0.2, 0) is 0 Å². The van der Waals surface area contributed by atoms with E-state index in [2.05, 4.69) is 9.62 Å². The van der Waals surface area contributed by atoms with E-state index in [1.807, 2.05) is 7.05 Å². The van der Waals surface area contributed by atoms with Crippen molar-refractivity contribution in [3.63, 3.8) is 0 Å². The first kappa shape index (κ1) is 9.29. The lowest BCUT2D eigenvalue weighted by molar-refractivity contribution is 0.352. The molecule has 1 heterocycles. The fraction of sp³-hybridized carbons (Fsp3) is 0.857. The van der Waals surface area contributed by atoms with E-state index >= 15 is 0 Å². The number of hydrogen-bond acceptors (Lipinski definition) is 3. The number of piperidine rings is 1. The van der Waals surface area contributed by atoms with Crippen LogP contribution in [0.5, 0.6) is 0 Å². The molecular weight excluding hydrogens is 176 g/mol. The zero-order valence-corrected chi connectivity index (χ0v) is 8.43. The molecule has 0 radical (unpaired) electrons. The number of likely N-dealkylation sites (tertiary alicyclic amines) is 1. The number of nitrogens with one attached hydrogen (secondary N) is 1. The fourth-order valence-corrected chi connectivity index (χ4v) is 2.15. The van der Waals surface area contributed by atoms with Gasteiger partial charge in [0.05, 0.1) is 0 Å². The van der Waals surface area contributed by atoms with Crippen LogP contribution in [0.15, 0.2) is 0 Å². The number of hydrogen-bond donors (Lipinski definition) is 1. The summed E-state index contributed by atoms with van der Waals surface area (Å²) in [5, 5.41) is 0.